The Bertz CT molecular complexity index is 150. The molecule has 0 aliphatic rings. The number of ether oxygens (including phenoxy) is 1. The van der Waals surface area contributed by atoms with Gasteiger partial charge in [0.15, 0.2) is 0 Å². The zero-order valence-corrected chi connectivity index (χ0v) is 8.40. The maximum absolute atomic E-state index is 11.7. The lowest BCUT2D eigenvalue weighted by Crippen LogP contribution is -2.40. The van der Waals surface area contributed by atoms with Crippen LogP contribution in [0.25, 0.3) is 0 Å². The van der Waals surface area contributed by atoms with Crippen LogP contribution in [0.2, 0.25) is 0 Å². The first-order valence-electron chi connectivity index (χ1n) is 4.45. The van der Waals surface area contributed by atoms with E-state index in [9.17, 15) is 13.2 Å². The summed E-state index contributed by atoms with van der Waals surface area (Å²) >= 11 is 0. The van der Waals surface area contributed by atoms with E-state index >= 15 is 0 Å². The topological polar surface area (TPSA) is 47.3 Å². The van der Waals surface area contributed by atoms with E-state index < -0.39 is 12.8 Å². The van der Waals surface area contributed by atoms with E-state index in [1.165, 1.54) is 0 Å². The molecule has 0 saturated carbocycles. The second-order valence-electron chi connectivity index (χ2n) is 3.62. The first kappa shape index (κ1) is 13.7. The minimum absolute atomic E-state index is 0.0197. The molecule has 0 heterocycles. The predicted molar refractivity (Wildman–Crippen MR) is 47.4 cm³/mol. The SMILES string of the molecule is CC(C)CC(COCC(F)(F)F)NN. The van der Waals surface area contributed by atoms with Gasteiger partial charge >= 0.3 is 6.18 Å². The van der Waals surface area contributed by atoms with Gasteiger partial charge < -0.3 is 4.74 Å². The highest BCUT2D eigenvalue weighted by atomic mass is 19.4. The first-order chi connectivity index (χ1) is 6.35. The van der Waals surface area contributed by atoms with Crippen molar-refractivity contribution in [3.63, 3.8) is 0 Å². The molecule has 0 aliphatic carbocycles. The fourth-order valence-electron chi connectivity index (χ4n) is 1.07. The summed E-state index contributed by atoms with van der Waals surface area (Å²) in [5, 5.41) is 0. The van der Waals surface area contributed by atoms with Crippen molar-refractivity contribution in [2.75, 3.05) is 13.2 Å². The molecular formula is C8H17F3N2O. The zero-order chi connectivity index (χ0) is 11.2. The first-order valence-corrected chi connectivity index (χ1v) is 4.45. The third kappa shape index (κ3) is 8.28. The van der Waals surface area contributed by atoms with Crippen LogP contribution in [0.1, 0.15) is 20.3 Å². The second-order valence-corrected chi connectivity index (χ2v) is 3.62. The van der Waals surface area contributed by atoms with Gasteiger partial charge in [0.25, 0.3) is 0 Å². The number of rotatable bonds is 6. The molecule has 1 unspecified atom stereocenters. The van der Waals surface area contributed by atoms with E-state index in [4.69, 9.17) is 5.84 Å². The number of hydrogen-bond donors (Lipinski definition) is 2. The van der Waals surface area contributed by atoms with E-state index in [1.807, 2.05) is 13.8 Å². The molecule has 0 rings (SSSR count). The van der Waals surface area contributed by atoms with Crippen molar-refractivity contribution in [1.82, 2.24) is 5.43 Å². The van der Waals surface area contributed by atoms with Gasteiger partial charge in [-0.1, -0.05) is 13.8 Å². The Labute approximate surface area is 81.8 Å². The molecule has 0 spiro atoms. The van der Waals surface area contributed by atoms with Crippen molar-refractivity contribution < 1.29 is 17.9 Å². The van der Waals surface area contributed by atoms with E-state index in [2.05, 4.69) is 10.2 Å². The van der Waals surface area contributed by atoms with Crippen molar-refractivity contribution >= 4 is 0 Å². The van der Waals surface area contributed by atoms with Crippen LogP contribution in [0.15, 0.2) is 0 Å². The van der Waals surface area contributed by atoms with Crippen LogP contribution in [-0.4, -0.2) is 25.4 Å². The third-order valence-electron chi connectivity index (χ3n) is 1.58. The molecule has 0 radical (unpaired) electrons. The molecule has 0 aromatic heterocycles. The number of nitrogens with one attached hydrogen (secondary N) is 1. The Morgan fingerprint density at radius 1 is 1.36 bits per heavy atom. The molecule has 0 aliphatic heterocycles. The largest absolute Gasteiger partial charge is 0.411 e. The summed E-state index contributed by atoms with van der Waals surface area (Å²) in [6, 6.07) is -0.225. The van der Waals surface area contributed by atoms with Gasteiger partial charge in [0.2, 0.25) is 0 Å². The smallest absolute Gasteiger partial charge is 0.370 e. The Kier molecular flexibility index (Phi) is 6.06. The number of hydrazine groups is 1. The van der Waals surface area contributed by atoms with E-state index in [0.717, 1.165) is 0 Å². The summed E-state index contributed by atoms with van der Waals surface area (Å²) in [6.45, 7) is 2.69. The van der Waals surface area contributed by atoms with Crippen LogP contribution >= 0.6 is 0 Å². The predicted octanol–water partition coefficient (Wildman–Crippen LogP) is 1.44. The van der Waals surface area contributed by atoms with Gasteiger partial charge in [-0.3, -0.25) is 11.3 Å². The van der Waals surface area contributed by atoms with Crippen LogP contribution in [0, 0.1) is 5.92 Å². The van der Waals surface area contributed by atoms with Gasteiger partial charge in [0.1, 0.15) is 6.61 Å². The highest BCUT2D eigenvalue weighted by Gasteiger charge is 2.27. The van der Waals surface area contributed by atoms with Gasteiger partial charge in [-0.25, -0.2) is 0 Å². The standard InChI is InChI=1S/C8H17F3N2O/c1-6(2)3-7(13-12)4-14-5-8(9,10)11/h6-7,13H,3-5,12H2,1-2H3. The number of halogens is 3. The lowest BCUT2D eigenvalue weighted by molar-refractivity contribution is -0.175. The number of nitrogens with two attached hydrogens (primary N) is 1. The summed E-state index contributed by atoms with van der Waals surface area (Å²) in [6.07, 6.45) is -3.58. The van der Waals surface area contributed by atoms with Crippen molar-refractivity contribution in [1.29, 1.82) is 0 Å². The molecule has 3 N–H and O–H groups in total. The molecule has 0 amide bonds. The van der Waals surface area contributed by atoms with Crippen molar-refractivity contribution in [3.8, 4) is 0 Å². The second kappa shape index (κ2) is 6.21. The van der Waals surface area contributed by atoms with Crippen LogP contribution in [0.3, 0.4) is 0 Å². The van der Waals surface area contributed by atoms with Gasteiger partial charge in [0, 0.05) is 6.04 Å². The average Bonchev–Trinajstić information content (AvgIpc) is 1.99. The van der Waals surface area contributed by atoms with E-state index in [-0.39, 0.29) is 12.6 Å². The summed E-state index contributed by atoms with van der Waals surface area (Å²) < 4.78 is 39.6. The minimum Gasteiger partial charge on any atom is -0.370 e. The summed E-state index contributed by atoms with van der Waals surface area (Å²) in [4.78, 5) is 0. The van der Waals surface area contributed by atoms with Crippen molar-refractivity contribution in [2.45, 2.75) is 32.5 Å². The molecule has 0 saturated heterocycles. The minimum atomic E-state index is -4.27. The van der Waals surface area contributed by atoms with Gasteiger partial charge in [-0.05, 0) is 12.3 Å². The molecule has 0 fully saturated rings. The van der Waals surface area contributed by atoms with Gasteiger partial charge in [-0.2, -0.15) is 13.2 Å². The van der Waals surface area contributed by atoms with Gasteiger partial charge in [0.05, 0.1) is 6.61 Å². The quantitative estimate of drug-likeness (QED) is 0.519. The summed E-state index contributed by atoms with van der Waals surface area (Å²) in [7, 11) is 0. The van der Waals surface area contributed by atoms with Crippen LogP contribution in [0.4, 0.5) is 13.2 Å². The highest BCUT2D eigenvalue weighted by Crippen LogP contribution is 2.15. The average molecular weight is 214 g/mol. The molecule has 3 nitrogen and oxygen atoms in total. The van der Waals surface area contributed by atoms with Crippen LogP contribution < -0.4 is 11.3 Å². The monoisotopic (exact) mass is 214 g/mol. The molecule has 14 heavy (non-hydrogen) atoms. The lowest BCUT2D eigenvalue weighted by atomic mass is 10.1. The number of alkyl halides is 3. The molecule has 6 heteroatoms. The highest BCUT2D eigenvalue weighted by molar-refractivity contribution is 4.64. The molecule has 86 valence electrons. The Balaban J connectivity index is 3.63. The molecule has 0 aromatic carbocycles. The van der Waals surface area contributed by atoms with Crippen LogP contribution in [0.5, 0.6) is 0 Å². The van der Waals surface area contributed by atoms with Crippen molar-refractivity contribution in [2.24, 2.45) is 11.8 Å². The maximum Gasteiger partial charge on any atom is 0.411 e. The summed E-state index contributed by atoms with van der Waals surface area (Å²) in [5.74, 6) is 5.53. The third-order valence-corrected chi connectivity index (χ3v) is 1.58. The van der Waals surface area contributed by atoms with Crippen molar-refractivity contribution in [3.05, 3.63) is 0 Å². The Morgan fingerprint density at radius 2 is 1.93 bits per heavy atom. The van der Waals surface area contributed by atoms with Gasteiger partial charge in [-0.15, -0.1) is 0 Å². The normalized spacial score (nSPS) is 14.8. The Hall–Kier alpha value is -0.330. The zero-order valence-electron chi connectivity index (χ0n) is 8.40. The van der Waals surface area contributed by atoms with E-state index in [1.54, 1.807) is 0 Å². The maximum atomic E-state index is 11.7. The molecular weight excluding hydrogens is 197 g/mol. The fraction of sp³-hybridized carbons (Fsp3) is 1.00. The number of hydrogen-bond acceptors (Lipinski definition) is 3. The summed E-state index contributed by atoms with van der Waals surface area (Å²) in [5.41, 5.74) is 2.43. The fourth-order valence-corrected chi connectivity index (χ4v) is 1.07. The lowest BCUT2D eigenvalue weighted by Gasteiger charge is -2.18. The van der Waals surface area contributed by atoms with Crippen LogP contribution in [-0.2, 0) is 4.74 Å². The Morgan fingerprint density at radius 3 is 2.29 bits per heavy atom. The van der Waals surface area contributed by atoms with E-state index in [0.29, 0.717) is 12.3 Å². The molecule has 0 aromatic rings. The molecule has 1 atom stereocenters. The molecule has 0 bridgehead atoms.